The van der Waals surface area contributed by atoms with E-state index in [1.807, 2.05) is 6.92 Å². The first-order valence-corrected chi connectivity index (χ1v) is 5.99. The van der Waals surface area contributed by atoms with Crippen molar-refractivity contribution in [1.29, 1.82) is 0 Å². The van der Waals surface area contributed by atoms with Gasteiger partial charge in [-0.2, -0.15) is 4.98 Å². The quantitative estimate of drug-likeness (QED) is 0.780. The Bertz CT molecular complexity index is 322. The minimum Gasteiger partial charge on any atom is -0.478 e. The van der Waals surface area contributed by atoms with E-state index in [9.17, 15) is 0 Å². The second kappa shape index (κ2) is 6.53. The molecule has 1 aromatic rings. The molecular weight excluding hydrogens is 226 g/mol. The Morgan fingerprint density at radius 2 is 2.25 bits per heavy atom. The van der Waals surface area contributed by atoms with Gasteiger partial charge in [0, 0.05) is 24.2 Å². The molecule has 0 fully saturated rings. The van der Waals surface area contributed by atoms with Gasteiger partial charge in [0.2, 0.25) is 11.8 Å². The highest BCUT2D eigenvalue weighted by Crippen LogP contribution is 2.12. The third kappa shape index (κ3) is 3.85. The Balaban J connectivity index is 2.62. The molecule has 1 heterocycles. The van der Waals surface area contributed by atoms with E-state index in [0.29, 0.717) is 30.2 Å². The summed E-state index contributed by atoms with van der Waals surface area (Å²) < 4.78 is 5.30. The maximum atomic E-state index is 5.79. The molecule has 90 valence electrons. The molecule has 0 saturated heterocycles. The summed E-state index contributed by atoms with van der Waals surface area (Å²) in [6.45, 7) is 6.66. The highest BCUT2D eigenvalue weighted by atomic mass is 35.5. The minimum atomic E-state index is 0.231. The van der Waals surface area contributed by atoms with Gasteiger partial charge < -0.3 is 10.1 Å². The van der Waals surface area contributed by atoms with Gasteiger partial charge in [-0.25, -0.2) is 4.98 Å². The molecule has 5 heteroatoms. The van der Waals surface area contributed by atoms with Crippen molar-refractivity contribution in [2.24, 2.45) is 5.92 Å². The van der Waals surface area contributed by atoms with Crippen molar-refractivity contribution in [3.05, 3.63) is 12.3 Å². The number of ether oxygens (including phenoxy) is 1. The molecule has 2 unspecified atom stereocenters. The van der Waals surface area contributed by atoms with Crippen molar-refractivity contribution < 1.29 is 4.74 Å². The lowest BCUT2D eigenvalue weighted by atomic mass is 10.1. The van der Waals surface area contributed by atoms with Crippen LogP contribution in [0, 0.1) is 5.92 Å². The van der Waals surface area contributed by atoms with Gasteiger partial charge in [-0.1, -0.05) is 6.92 Å². The van der Waals surface area contributed by atoms with Crippen LogP contribution in [0.5, 0.6) is 5.88 Å². The van der Waals surface area contributed by atoms with Crippen molar-refractivity contribution in [3.63, 3.8) is 0 Å². The molecule has 0 aliphatic carbocycles. The normalized spacial score (nSPS) is 14.2. The Labute approximate surface area is 101 Å². The summed E-state index contributed by atoms with van der Waals surface area (Å²) in [5.41, 5.74) is 0. The Hall–Kier alpha value is -1.03. The molecule has 4 nitrogen and oxygen atoms in total. The van der Waals surface area contributed by atoms with E-state index in [1.165, 1.54) is 0 Å². The number of hydrogen-bond donors (Lipinski definition) is 1. The van der Waals surface area contributed by atoms with E-state index < -0.39 is 0 Å². The monoisotopic (exact) mass is 243 g/mol. The molecule has 0 aliphatic rings. The fourth-order valence-corrected chi connectivity index (χ4v) is 1.39. The predicted molar refractivity (Wildman–Crippen MR) is 66.2 cm³/mol. The lowest BCUT2D eigenvalue weighted by Gasteiger charge is -2.19. The van der Waals surface area contributed by atoms with E-state index in [1.54, 1.807) is 12.3 Å². The van der Waals surface area contributed by atoms with E-state index in [4.69, 9.17) is 16.3 Å². The lowest BCUT2D eigenvalue weighted by Crippen LogP contribution is -2.25. The van der Waals surface area contributed by atoms with Crippen LogP contribution in [0.2, 0.25) is 0 Å². The summed E-state index contributed by atoms with van der Waals surface area (Å²) in [6.07, 6.45) is 1.68. The van der Waals surface area contributed by atoms with Crippen LogP contribution >= 0.6 is 11.6 Å². The van der Waals surface area contributed by atoms with Crippen LogP contribution in [0.3, 0.4) is 0 Å². The van der Waals surface area contributed by atoms with E-state index >= 15 is 0 Å². The average Bonchev–Trinajstić information content (AvgIpc) is 2.29. The third-order valence-electron chi connectivity index (χ3n) is 2.38. The second-order valence-electron chi connectivity index (χ2n) is 3.72. The summed E-state index contributed by atoms with van der Waals surface area (Å²) >= 11 is 5.79. The number of nitrogens with one attached hydrogen (secondary N) is 1. The van der Waals surface area contributed by atoms with Gasteiger partial charge in [0.05, 0.1) is 6.61 Å². The zero-order valence-electron chi connectivity index (χ0n) is 9.90. The molecule has 0 amide bonds. The highest BCUT2D eigenvalue weighted by Gasteiger charge is 2.12. The van der Waals surface area contributed by atoms with Gasteiger partial charge in [-0.15, -0.1) is 11.6 Å². The van der Waals surface area contributed by atoms with Gasteiger partial charge in [-0.3, -0.25) is 0 Å². The fraction of sp³-hybridized carbons (Fsp3) is 0.636. The van der Waals surface area contributed by atoms with Gasteiger partial charge in [0.25, 0.3) is 0 Å². The second-order valence-corrected chi connectivity index (χ2v) is 4.02. The van der Waals surface area contributed by atoms with Crippen LogP contribution in [0.15, 0.2) is 12.3 Å². The van der Waals surface area contributed by atoms with Crippen molar-refractivity contribution in [2.75, 3.05) is 17.8 Å². The summed E-state index contributed by atoms with van der Waals surface area (Å²) in [7, 11) is 0. The van der Waals surface area contributed by atoms with E-state index in [-0.39, 0.29) is 6.04 Å². The molecule has 1 rings (SSSR count). The standard InChI is InChI=1S/C11H18ClN3O/c1-4-16-10-5-6-13-11(15-10)14-9(3)8(2)7-12/h5-6,8-9H,4,7H2,1-3H3,(H,13,14,15). The Kier molecular flexibility index (Phi) is 5.32. The zero-order valence-corrected chi connectivity index (χ0v) is 10.7. The molecule has 0 saturated carbocycles. The maximum absolute atomic E-state index is 5.79. The number of aromatic nitrogens is 2. The molecule has 1 N–H and O–H groups in total. The van der Waals surface area contributed by atoms with Crippen molar-refractivity contribution in [2.45, 2.75) is 26.8 Å². The molecule has 0 radical (unpaired) electrons. The number of hydrogen-bond acceptors (Lipinski definition) is 4. The summed E-state index contributed by atoms with van der Waals surface area (Å²) in [4.78, 5) is 8.36. The number of anilines is 1. The lowest BCUT2D eigenvalue weighted by molar-refractivity contribution is 0.326. The van der Waals surface area contributed by atoms with E-state index in [2.05, 4.69) is 29.1 Å². The first-order chi connectivity index (χ1) is 7.67. The molecule has 0 spiro atoms. The summed E-state index contributed by atoms with van der Waals surface area (Å²) in [5, 5.41) is 3.20. The molecule has 16 heavy (non-hydrogen) atoms. The van der Waals surface area contributed by atoms with Gasteiger partial charge in [0.15, 0.2) is 0 Å². The zero-order chi connectivity index (χ0) is 12.0. The molecule has 0 bridgehead atoms. The first kappa shape index (κ1) is 13.0. The third-order valence-corrected chi connectivity index (χ3v) is 2.86. The largest absolute Gasteiger partial charge is 0.478 e. The fourth-order valence-electron chi connectivity index (χ4n) is 1.12. The molecule has 0 aliphatic heterocycles. The number of alkyl halides is 1. The van der Waals surface area contributed by atoms with Crippen LogP contribution in [0.1, 0.15) is 20.8 Å². The smallest absolute Gasteiger partial charge is 0.226 e. The SMILES string of the molecule is CCOc1ccnc(NC(C)C(C)CCl)n1. The number of halogens is 1. The molecule has 1 aromatic heterocycles. The molecule has 0 aromatic carbocycles. The Morgan fingerprint density at radius 1 is 1.50 bits per heavy atom. The van der Waals surface area contributed by atoms with Gasteiger partial charge >= 0.3 is 0 Å². The predicted octanol–water partition coefficient (Wildman–Crippen LogP) is 2.55. The van der Waals surface area contributed by atoms with Crippen LogP contribution in [-0.2, 0) is 0 Å². The summed E-state index contributed by atoms with van der Waals surface area (Å²) in [6, 6.07) is 1.97. The maximum Gasteiger partial charge on any atom is 0.226 e. The van der Waals surface area contributed by atoms with Crippen LogP contribution in [-0.4, -0.2) is 28.5 Å². The average molecular weight is 244 g/mol. The van der Waals surface area contributed by atoms with Crippen molar-refractivity contribution >= 4 is 17.5 Å². The number of rotatable bonds is 6. The van der Waals surface area contributed by atoms with Crippen LogP contribution in [0.4, 0.5) is 5.95 Å². The van der Waals surface area contributed by atoms with Gasteiger partial charge in [0.1, 0.15) is 0 Å². The Morgan fingerprint density at radius 3 is 2.88 bits per heavy atom. The van der Waals surface area contributed by atoms with Crippen LogP contribution < -0.4 is 10.1 Å². The molecular formula is C11H18ClN3O. The topological polar surface area (TPSA) is 47.0 Å². The number of nitrogens with zero attached hydrogens (tertiary/aromatic N) is 2. The van der Waals surface area contributed by atoms with Gasteiger partial charge in [-0.05, 0) is 19.8 Å². The molecule has 2 atom stereocenters. The highest BCUT2D eigenvalue weighted by molar-refractivity contribution is 6.18. The van der Waals surface area contributed by atoms with Crippen LogP contribution in [0.25, 0.3) is 0 Å². The first-order valence-electron chi connectivity index (χ1n) is 5.45. The minimum absolute atomic E-state index is 0.231. The van der Waals surface area contributed by atoms with E-state index in [0.717, 1.165) is 0 Å². The summed E-state index contributed by atoms with van der Waals surface area (Å²) in [5.74, 6) is 2.14. The van der Waals surface area contributed by atoms with Crippen molar-refractivity contribution in [3.8, 4) is 5.88 Å². The van der Waals surface area contributed by atoms with Crippen molar-refractivity contribution in [1.82, 2.24) is 9.97 Å².